The number of aromatic hydroxyl groups is 1. The zero-order chi connectivity index (χ0) is 16.9. The maximum atomic E-state index is 12.0. The number of hydrogen-bond acceptors (Lipinski definition) is 5. The first-order valence-electron chi connectivity index (χ1n) is 8.14. The molecular formula is C19H20N2O3. The van der Waals surface area contributed by atoms with Crippen LogP contribution in [0.15, 0.2) is 36.4 Å². The molecule has 0 amide bonds. The summed E-state index contributed by atoms with van der Waals surface area (Å²) in [5.41, 5.74) is 1.95. The van der Waals surface area contributed by atoms with Crippen LogP contribution < -0.4 is 4.90 Å². The van der Waals surface area contributed by atoms with Gasteiger partial charge in [0.15, 0.2) is 0 Å². The van der Waals surface area contributed by atoms with Crippen molar-refractivity contribution < 1.29 is 14.6 Å². The van der Waals surface area contributed by atoms with Gasteiger partial charge in [0, 0.05) is 18.7 Å². The highest BCUT2D eigenvalue weighted by Crippen LogP contribution is 2.58. The van der Waals surface area contributed by atoms with Crippen LogP contribution in [0.25, 0.3) is 11.3 Å². The molecule has 2 fully saturated rings. The lowest BCUT2D eigenvalue weighted by Crippen LogP contribution is -2.29. The minimum absolute atomic E-state index is 0.109. The number of nitrogens with zero attached hydrogens (tertiary/aromatic N) is 2. The monoisotopic (exact) mass is 324 g/mol. The summed E-state index contributed by atoms with van der Waals surface area (Å²) in [5, 5.41) is 10.3. The van der Waals surface area contributed by atoms with E-state index in [1.807, 2.05) is 43.3 Å². The molecule has 0 radical (unpaired) electrons. The summed E-state index contributed by atoms with van der Waals surface area (Å²) in [6, 6.07) is 11.4. The van der Waals surface area contributed by atoms with Gasteiger partial charge in [0.1, 0.15) is 11.6 Å². The minimum atomic E-state index is -0.335. The molecule has 0 bridgehead atoms. The predicted octanol–water partition coefficient (Wildman–Crippen LogP) is 2.76. The molecular weight excluding hydrogens is 304 g/mol. The summed E-state index contributed by atoms with van der Waals surface area (Å²) >= 11 is 0. The van der Waals surface area contributed by atoms with E-state index in [1.54, 1.807) is 0 Å². The minimum Gasteiger partial charge on any atom is -0.507 e. The van der Waals surface area contributed by atoms with E-state index in [2.05, 4.69) is 4.90 Å². The van der Waals surface area contributed by atoms with Crippen molar-refractivity contribution in [2.75, 3.05) is 25.1 Å². The zero-order valence-corrected chi connectivity index (χ0v) is 13.8. The van der Waals surface area contributed by atoms with Crippen molar-refractivity contribution >= 4 is 11.8 Å². The number of phenolic OH excluding ortho intramolecular Hbond substituents is 1. The Hall–Kier alpha value is -2.56. The van der Waals surface area contributed by atoms with E-state index in [-0.39, 0.29) is 17.1 Å². The van der Waals surface area contributed by atoms with Gasteiger partial charge in [-0.25, -0.2) is 4.98 Å². The van der Waals surface area contributed by atoms with Gasteiger partial charge in [-0.1, -0.05) is 18.2 Å². The second kappa shape index (κ2) is 5.23. The predicted molar refractivity (Wildman–Crippen MR) is 90.8 cm³/mol. The van der Waals surface area contributed by atoms with Gasteiger partial charge in [-0.3, -0.25) is 4.79 Å². The largest absolute Gasteiger partial charge is 0.507 e. The number of aryl methyl sites for hydroxylation is 1. The second-order valence-corrected chi connectivity index (χ2v) is 6.78. The fourth-order valence-corrected chi connectivity index (χ4v) is 3.79. The number of esters is 1. The molecule has 0 spiro atoms. The first-order valence-corrected chi connectivity index (χ1v) is 8.14. The molecule has 1 aliphatic carbocycles. The molecule has 1 N–H and O–H groups in total. The van der Waals surface area contributed by atoms with E-state index in [9.17, 15) is 9.90 Å². The van der Waals surface area contributed by atoms with Crippen LogP contribution in [0, 0.1) is 18.3 Å². The number of hydrogen-bond donors (Lipinski definition) is 1. The fourth-order valence-electron chi connectivity index (χ4n) is 3.79. The van der Waals surface area contributed by atoms with E-state index < -0.39 is 0 Å². The normalized spacial score (nSPS) is 24.6. The number of phenols is 1. The molecule has 2 atom stereocenters. The lowest BCUT2D eigenvalue weighted by atomic mass is 10.1. The van der Waals surface area contributed by atoms with Crippen LogP contribution in [0.2, 0.25) is 0 Å². The summed E-state index contributed by atoms with van der Waals surface area (Å²) in [4.78, 5) is 18.9. The molecule has 2 heterocycles. The molecule has 1 saturated heterocycles. The number of ether oxygens (including phenoxy) is 1. The van der Waals surface area contributed by atoms with E-state index in [0.717, 1.165) is 35.6 Å². The van der Waals surface area contributed by atoms with Gasteiger partial charge in [0.05, 0.1) is 18.2 Å². The SMILES string of the molecule is COC(=O)[C@]12C[C@H]1CN(c1cccc(-c3cccc(C)c3O)n1)C2. The van der Waals surface area contributed by atoms with Crippen molar-refractivity contribution in [1.82, 2.24) is 4.98 Å². The van der Waals surface area contributed by atoms with Gasteiger partial charge < -0.3 is 14.7 Å². The highest BCUT2D eigenvalue weighted by Gasteiger charge is 2.66. The molecule has 0 unspecified atom stereocenters. The molecule has 1 aliphatic heterocycles. The Balaban J connectivity index is 1.63. The van der Waals surface area contributed by atoms with Crippen LogP contribution in [0.3, 0.4) is 0 Å². The Bertz CT molecular complexity index is 820. The van der Waals surface area contributed by atoms with Crippen LogP contribution >= 0.6 is 0 Å². The number of piperidine rings is 1. The first kappa shape index (κ1) is 15.0. The number of carbonyl (C=O) groups excluding carboxylic acids is 1. The van der Waals surface area contributed by atoms with Crippen molar-refractivity contribution in [3.05, 3.63) is 42.0 Å². The van der Waals surface area contributed by atoms with Crippen molar-refractivity contribution in [3.63, 3.8) is 0 Å². The van der Waals surface area contributed by atoms with Gasteiger partial charge in [-0.2, -0.15) is 0 Å². The van der Waals surface area contributed by atoms with E-state index in [1.165, 1.54) is 7.11 Å². The molecule has 5 heteroatoms. The first-order chi connectivity index (χ1) is 11.5. The molecule has 24 heavy (non-hydrogen) atoms. The number of pyridine rings is 1. The molecule has 5 nitrogen and oxygen atoms in total. The maximum Gasteiger partial charge on any atom is 0.313 e. The summed E-state index contributed by atoms with van der Waals surface area (Å²) in [6.45, 7) is 3.35. The zero-order valence-electron chi connectivity index (χ0n) is 13.8. The average Bonchev–Trinajstić information content (AvgIpc) is 3.18. The van der Waals surface area contributed by atoms with Crippen molar-refractivity contribution in [1.29, 1.82) is 0 Å². The Labute approximate surface area is 140 Å². The molecule has 4 rings (SSSR count). The van der Waals surface area contributed by atoms with Crippen molar-refractivity contribution in [2.45, 2.75) is 13.3 Å². The van der Waals surface area contributed by atoms with Crippen LogP contribution in [0.1, 0.15) is 12.0 Å². The highest BCUT2D eigenvalue weighted by molar-refractivity contribution is 5.83. The van der Waals surface area contributed by atoms with Gasteiger partial charge in [0.25, 0.3) is 0 Å². The van der Waals surface area contributed by atoms with Crippen LogP contribution in [-0.4, -0.2) is 36.3 Å². The third-order valence-electron chi connectivity index (χ3n) is 5.31. The second-order valence-electron chi connectivity index (χ2n) is 6.78. The number of carbonyl (C=O) groups is 1. The van der Waals surface area contributed by atoms with Gasteiger partial charge in [-0.05, 0) is 43.0 Å². The Morgan fingerprint density at radius 3 is 2.92 bits per heavy atom. The van der Waals surface area contributed by atoms with Crippen LogP contribution in [0.5, 0.6) is 5.75 Å². The highest BCUT2D eigenvalue weighted by atomic mass is 16.5. The number of anilines is 1. The van der Waals surface area contributed by atoms with E-state index >= 15 is 0 Å². The van der Waals surface area contributed by atoms with Gasteiger partial charge in [-0.15, -0.1) is 0 Å². The van der Waals surface area contributed by atoms with Crippen LogP contribution in [-0.2, 0) is 9.53 Å². The standard InChI is InChI=1S/C19H20N2O3/c1-12-5-3-6-14(17(12)22)15-7-4-8-16(20-15)21-10-13-9-19(13,11-21)18(23)24-2/h3-8,13,22H,9-11H2,1-2H3/t13-,19-/m0/s1. The van der Waals surface area contributed by atoms with Crippen molar-refractivity contribution in [2.24, 2.45) is 11.3 Å². The lowest BCUT2D eigenvalue weighted by molar-refractivity contribution is -0.146. The number of rotatable bonds is 3. The molecule has 2 aromatic rings. The molecule has 1 aromatic heterocycles. The number of benzene rings is 1. The fraction of sp³-hybridized carbons (Fsp3) is 0.368. The molecule has 1 saturated carbocycles. The third kappa shape index (κ3) is 2.15. The van der Waals surface area contributed by atoms with E-state index in [4.69, 9.17) is 9.72 Å². The number of methoxy groups -OCH3 is 1. The van der Waals surface area contributed by atoms with Crippen molar-refractivity contribution in [3.8, 4) is 17.0 Å². The third-order valence-corrected chi connectivity index (χ3v) is 5.31. The average molecular weight is 324 g/mol. The molecule has 2 aliphatic rings. The maximum absolute atomic E-state index is 12.0. The molecule has 1 aromatic carbocycles. The van der Waals surface area contributed by atoms with E-state index in [0.29, 0.717) is 12.5 Å². The summed E-state index contributed by atoms with van der Waals surface area (Å²) in [5.74, 6) is 1.35. The molecule has 124 valence electrons. The topological polar surface area (TPSA) is 62.7 Å². The quantitative estimate of drug-likeness (QED) is 0.880. The Kier molecular flexibility index (Phi) is 3.27. The summed E-state index contributed by atoms with van der Waals surface area (Å²) < 4.78 is 4.97. The summed E-state index contributed by atoms with van der Waals surface area (Å²) in [6.07, 6.45) is 0.911. The Morgan fingerprint density at radius 2 is 2.12 bits per heavy atom. The van der Waals surface area contributed by atoms with Gasteiger partial charge in [0.2, 0.25) is 0 Å². The number of para-hydroxylation sites is 1. The smallest absolute Gasteiger partial charge is 0.313 e. The van der Waals surface area contributed by atoms with Crippen LogP contribution in [0.4, 0.5) is 5.82 Å². The number of aromatic nitrogens is 1. The van der Waals surface area contributed by atoms with Gasteiger partial charge >= 0.3 is 5.97 Å². The Morgan fingerprint density at radius 1 is 1.33 bits per heavy atom. The lowest BCUT2D eigenvalue weighted by Gasteiger charge is -2.21. The number of fused-ring (bicyclic) bond motifs is 1. The summed E-state index contributed by atoms with van der Waals surface area (Å²) in [7, 11) is 1.45.